The van der Waals surface area contributed by atoms with Crippen LogP contribution in [0.1, 0.15) is 86.8 Å². The Morgan fingerprint density at radius 3 is 1.93 bits per heavy atom. The van der Waals surface area contributed by atoms with Crippen molar-refractivity contribution in [2.75, 3.05) is 0 Å². The van der Waals surface area contributed by atoms with Gasteiger partial charge in [0.15, 0.2) is 5.75 Å². The number of rotatable bonds is 13. The molecule has 0 aliphatic heterocycles. The molecule has 1 unspecified atom stereocenters. The summed E-state index contributed by atoms with van der Waals surface area (Å²) in [5, 5.41) is 14.8. The Morgan fingerprint density at radius 2 is 1.44 bits per heavy atom. The number of hydrogen-bond acceptors (Lipinski definition) is 9. The molecule has 0 aliphatic carbocycles. The molecule has 43 heavy (non-hydrogen) atoms. The second-order valence-electron chi connectivity index (χ2n) is 13.5. The van der Waals surface area contributed by atoms with E-state index in [0.29, 0.717) is 5.56 Å². The minimum atomic E-state index is -2.05. The van der Waals surface area contributed by atoms with Gasteiger partial charge in [-0.2, -0.15) is 0 Å². The zero-order chi connectivity index (χ0) is 32.7. The van der Waals surface area contributed by atoms with Crippen LogP contribution in [-0.4, -0.2) is 39.3 Å². The first-order chi connectivity index (χ1) is 19.7. The molecule has 238 valence electrons. The van der Waals surface area contributed by atoms with Crippen molar-refractivity contribution in [3.63, 3.8) is 0 Å². The third-order valence-corrected chi connectivity index (χ3v) is 6.23. The highest BCUT2D eigenvalue weighted by Crippen LogP contribution is 2.42. The van der Waals surface area contributed by atoms with Gasteiger partial charge in [0.2, 0.25) is 0 Å². The normalized spacial score (nSPS) is 14.2. The highest BCUT2D eigenvalue weighted by atomic mass is 31.1. The Kier molecular flexibility index (Phi) is 11.8. The largest absolute Gasteiger partial charge is 0.499 e. The molecule has 2 aromatic carbocycles. The monoisotopic (exact) mass is 621 g/mol. The zero-order valence-corrected chi connectivity index (χ0v) is 27.9. The summed E-state index contributed by atoms with van der Waals surface area (Å²) >= 11 is 0. The van der Waals surface area contributed by atoms with E-state index in [1.807, 2.05) is 30.3 Å². The van der Waals surface area contributed by atoms with Gasteiger partial charge in [0.25, 0.3) is 0 Å². The quantitative estimate of drug-likeness (QED) is 0.104. The first kappa shape index (κ1) is 36.1. The van der Waals surface area contributed by atoms with Gasteiger partial charge in [0, 0.05) is 6.07 Å². The predicted octanol–water partition coefficient (Wildman–Crippen LogP) is 7.63. The molecule has 0 spiro atoms. The predicted molar refractivity (Wildman–Crippen MR) is 164 cm³/mol. The van der Waals surface area contributed by atoms with Crippen molar-refractivity contribution < 1.29 is 37.8 Å². The fourth-order valence-corrected chi connectivity index (χ4v) is 4.61. The van der Waals surface area contributed by atoms with Gasteiger partial charge in [-0.05, 0) is 104 Å². The average molecular weight is 622 g/mol. The SMILES string of the molecule is CC(C)(C)OC(=O)N[C@](C)(CCc1ccc(OCc2ccccc2)c([N+](=O)[O-])c1)C(O[PH+]=O)(OC(C)(C)C)OC(C)(C)C. The molecule has 0 fully saturated rings. The summed E-state index contributed by atoms with van der Waals surface area (Å²) < 4.78 is 41.8. The molecule has 12 heteroatoms. The fraction of sp³-hybridized carbons (Fsp3) is 0.581. The summed E-state index contributed by atoms with van der Waals surface area (Å²) in [4.78, 5) is 24.6. The topological polar surface area (TPSA) is 135 Å². The van der Waals surface area contributed by atoms with Crippen molar-refractivity contribution >= 4 is 20.5 Å². The molecule has 2 rings (SSSR count). The molecule has 2 aromatic rings. The Balaban J connectivity index is 2.52. The zero-order valence-electron chi connectivity index (χ0n) is 26.9. The minimum Gasteiger partial charge on any atom is -0.482 e. The molecule has 0 radical (unpaired) electrons. The number of benzene rings is 2. The van der Waals surface area contributed by atoms with Gasteiger partial charge in [-0.15, -0.1) is 0 Å². The molecule has 0 aliphatic rings. The van der Waals surface area contributed by atoms with E-state index >= 15 is 0 Å². The van der Waals surface area contributed by atoms with Crippen molar-refractivity contribution in [2.24, 2.45) is 0 Å². The van der Waals surface area contributed by atoms with Crippen LogP contribution in [0, 0.1) is 10.1 Å². The number of nitro groups is 1. The lowest BCUT2D eigenvalue weighted by molar-refractivity contribution is -0.423. The van der Waals surface area contributed by atoms with E-state index in [1.54, 1.807) is 81.4 Å². The Morgan fingerprint density at radius 1 is 0.860 bits per heavy atom. The van der Waals surface area contributed by atoms with Crippen molar-refractivity contribution in [3.05, 3.63) is 69.8 Å². The van der Waals surface area contributed by atoms with E-state index in [9.17, 15) is 19.5 Å². The standard InChI is InChI=1S/C31H45N2O9P/c1-27(2,3)39-26(34)32-30(10,31(42-43-37,40-28(4,5)6)41-29(7,8)9)19-18-22-16-17-25(24(20-22)33(35)36)38-21-23-14-12-11-13-15-23/h11-17,20,43H,18-19,21H2,1-10H3/p+1/t30-/m1/s1. The number of nitro benzene ring substituents is 1. The van der Waals surface area contributed by atoms with E-state index in [-0.39, 0.29) is 30.9 Å². The summed E-state index contributed by atoms with van der Waals surface area (Å²) in [6, 6.07) is 14.0. The van der Waals surface area contributed by atoms with E-state index in [1.165, 1.54) is 6.07 Å². The average Bonchev–Trinajstić information content (AvgIpc) is 2.84. The van der Waals surface area contributed by atoms with Gasteiger partial charge < -0.3 is 24.3 Å². The van der Waals surface area contributed by atoms with Crippen LogP contribution in [0.25, 0.3) is 0 Å². The first-order valence-corrected chi connectivity index (χ1v) is 14.9. The second kappa shape index (κ2) is 14.1. The van der Waals surface area contributed by atoms with Crippen LogP contribution in [0.15, 0.2) is 48.5 Å². The molecular weight excluding hydrogens is 575 g/mol. The summed E-state index contributed by atoms with van der Waals surface area (Å²) in [6.07, 6.45) is -0.479. The number of amides is 1. The number of carbonyl (C=O) groups is 1. The third kappa shape index (κ3) is 11.5. The molecule has 1 amide bonds. The summed E-state index contributed by atoms with van der Waals surface area (Å²) in [5.74, 6) is -1.92. The number of carbonyl (C=O) groups excluding carboxylic acids is 1. The number of hydrogen-bond donors (Lipinski definition) is 1. The van der Waals surface area contributed by atoms with Crippen LogP contribution in [-0.2, 0) is 36.3 Å². The number of alkyl carbamates (subject to hydrolysis) is 1. The van der Waals surface area contributed by atoms with Crippen LogP contribution in [0.4, 0.5) is 10.5 Å². The molecule has 11 nitrogen and oxygen atoms in total. The van der Waals surface area contributed by atoms with Crippen LogP contribution in [0.5, 0.6) is 5.75 Å². The highest BCUT2D eigenvalue weighted by molar-refractivity contribution is 7.17. The van der Waals surface area contributed by atoms with Gasteiger partial charge in [-0.3, -0.25) is 10.1 Å². The maximum absolute atomic E-state index is 13.2. The molecule has 0 saturated heterocycles. The fourth-order valence-electron chi connectivity index (χ4n) is 4.20. The number of ether oxygens (including phenoxy) is 4. The van der Waals surface area contributed by atoms with Gasteiger partial charge >= 0.3 is 26.4 Å². The van der Waals surface area contributed by atoms with Gasteiger partial charge in [-0.1, -0.05) is 40.9 Å². The van der Waals surface area contributed by atoms with Crippen LogP contribution in [0.2, 0.25) is 0 Å². The lowest BCUT2D eigenvalue weighted by atomic mass is 9.89. The van der Waals surface area contributed by atoms with Crippen LogP contribution in [0.3, 0.4) is 0 Å². The van der Waals surface area contributed by atoms with E-state index < -0.39 is 48.0 Å². The van der Waals surface area contributed by atoms with Crippen LogP contribution < -0.4 is 10.1 Å². The number of nitrogens with one attached hydrogen (secondary N) is 1. The summed E-state index contributed by atoms with van der Waals surface area (Å²) in [5.41, 5.74) is -2.82. The first-order valence-electron chi connectivity index (χ1n) is 14.1. The number of nitrogens with zero attached hydrogens (tertiary/aromatic N) is 1. The molecule has 0 heterocycles. The maximum Gasteiger partial charge on any atom is 0.499 e. The van der Waals surface area contributed by atoms with Crippen molar-refractivity contribution in [1.29, 1.82) is 0 Å². The van der Waals surface area contributed by atoms with Gasteiger partial charge in [0.05, 0.1) is 16.1 Å². The lowest BCUT2D eigenvalue weighted by Crippen LogP contribution is -2.69. The van der Waals surface area contributed by atoms with Crippen molar-refractivity contribution in [2.45, 2.75) is 117 Å². The maximum atomic E-state index is 13.2. The highest BCUT2D eigenvalue weighted by Gasteiger charge is 2.60. The summed E-state index contributed by atoms with van der Waals surface area (Å²) in [6.45, 7) is 17.6. The number of aryl methyl sites for hydroxylation is 1. The van der Waals surface area contributed by atoms with Gasteiger partial charge in [-0.25, -0.2) is 4.79 Å². The Hall–Kier alpha value is -3.11. The Labute approximate surface area is 256 Å². The molecule has 0 aromatic heterocycles. The van der Waals surface area contributed by atoms with E-state index in [4.69, 9.17) is 23.5 Å². The smallest absolute Gasteiger partial charge is 0.482 e. The lowest BCUT2D eigenvalue weighted by Gasteiger charge is -2.48. The third-order valence-electron chi connectivity index (χ3n) is 5.88. The summed E-state index contributed by atoms with van der Waals surface area (Å²) in [7, 11) is -1.31. The molecular formula is C31H46N2O9P+. The van der Waals surface area contributed by atoms with E-state index in [0.717, 1.165) is 5.56 Å². The van der Waals surface area contributed by atoms with Crippen molar-refractivity contribution in [3.8, 4) is 5.75 Å². The van der Waals surface area contributed by atoms with E-state index in [2.05, 4.69) is 5.32 Å². The van der Waals surface area contributed by atoms with Crippen LogP contribution >= 0.6 is 8.69 Å². The molecule has 2 atom stereocenters. The molecule has 0 bridgehead atoms. The molecule has 1 N–H and O–H groups in total. The minimum absolute atomic E-state index is 0.0876. The molecule has 0 saturated carbocycles. The van der Waals surface area contributed by atoms with Gasteiger partial charge in [0.1, 0.15) is 17.7 Å². The Bertz CT molecular complexity index is 1230. The second-order valence-corrected chi connectivity index (χ2v) is 13.8. The van der Waals surface area contributed by atoms with Crippen molar-refractivity contribution in [1.82, 2.24) is 5.32 Å².